The van der Waals surface area contributed by atoms with Gasteiger partial charge in [-0.25, -0.2) is 4.98 Å². The van der Waals surface area contributed by atoms with Crippen molar-refractivity contribution >= 4 is 17.2 Å². The van der Waals surface area contributed by atoms with Crippen molar-refractivity contribution in [2.45, 2.75) is 32.7 Å². The zero-order valence-corrected chi connectivity index (χ0v) is 19.8. The Labute approximate surface area is 198 Å². The van der Waals surface area contributed by atoms with Crippen molar-refractivity contribution in [3.63, 3.8) is 0 Å². The number of ether oxygens (including phenoxy) is 1. The highest BCUT2D eigenvalue weighted by Gasteiger charge is 2.18. The highest BCUT2D eigenvalue weighted by molar-refractivity contribution is 7.09. The van der Waals surface area contributed by atoms with Gasteiger partial charge in [-0.05, 0) is 43.9 Å². The molecular weight excluding hydrogens is 432 g/mol. The maximum absolute atomic E-state index is 13.1. The zero-order chi connectivity index (χ0) is 23.0. The average Bonchev–Trinajstić information content (AvgIpc) is 3.45. The zero-order valence-electron chi connectivity index (χ0n) is 19.0. The van der Waals surface area contributed by atoms with Crippen LogP contribution in [0.2, 0.25) is 0 Å². The molecular formula is C26H28N4O2S. The number of nitrogens with zero attached hydrogens (tertiary/aromatic N) is 3. The largest absolute Gasteiger partial charge is 0.497 e. The molecule has 0 unspecified atom stereocenters. The van der Waals surface area contributed by atoms with E-state index in [4.69, 9.17) is 9.84 Å². The number of hydrogen-bond donors (Lipinski definition) is 1. The molecule has 170 valence electrons. The highest BCUT2D eigenvalue weighted by Crippen LogP contribution is 2.26. The highest BCUT2D eigenvalue weighted by atomic mass is 32.1. The Morgan fingerprint density at radius 3 is 2.73 bits per heavy atom. The van der Waals surface area contributed by atoms with Crippen molar-refractivity contribution < 1.29 is 9.53 Å². The number of unbranched alkanes of at least 4 members (excludes halogenated alkanes) is 1. The molecule has 0 aliphatic carbocycles. The topological polar surface area (TPSA) is 69.0 Å². The number of carbonyl (C=O) groups excluding carboxylic acids is 1. The molecule has 0 saturated heterocycles. The lowest BCUT2D eigenvalue weighted by Crippen LogP contribution is -2.24. The molecule has 1 N–H and O–H groups in total. The maximum Gasteiger partial charge on any atom is 0.255 e. The SMILES string of the molecule is COc1cccc(-c2nn(Cc3ccccc3)cc2C(=O)NCCCCc2nc(C)cs2)c1. The van der Waals surface area contributed by atoms with E-state index in [1.807, 2.05) is 60.3 Å². The standard InChI is InChI=1S/C26H28N4O2S/c1-19-18-33-24(28-19)13-6-7-14-27-26(31)23-17-30(16-20-9-4-3-5-10-20)29-25(23)21-11-8-12-22(15-21)32-2/h3-5,8-12,15,17-18H,6-7,13-14,16H2,1-2H3,(H,27,31). The number of aryl methyl sites for hydroxylation is 2. The molecule has 0 radical (unpaired) electrons. The molecule has 33 heavy (non-hydrogen) atoms. The summed E-state index contributed by atoms with van der Waals surface area (Å²) in [6.45, 7) is 3.22. The fourth-order valence-electron chi connectivity index (χ4n) is 3.64. The van der Waals surface area contributed by atoms with E-state index in [0.29, 0.717) is 24.3 Å². The molecule has 0 fully saturated rings. The van der Waals surface area contributed by atoms with Crippen LogP contribution in [0, 0.1) is 6.92 Å². The first kappa shape index (κ1) is 22.7. The summed E-state index contributed by atoms with van der Waals surface area (Å²) in [5.74, 6) is 0.617. The van der Waals surface area contributed by atoms with Crippen LogP contribution in [-0.4, -0.2) is 34.3 Å². The molecule has 4 rings (SSSR count). The predicted molar refractivity (Wildman–Crippen MR) is 132 cm³/mol. The second-order valence-electron chi connectivity index (χ2n) is 7.90. The van der Waals surface area contributed by atoms with Gasteiger partial charge in [0.05, 0.1) is 24.2 Å². The van der Waals surface area contributed by atoms with Crippen LogP contribution in [0.4, 0.5) is 0 Å². The Morgan fingerprint density at radius 2 is 1.97 bits per heavy atom. The summed E-state index contributed by atoms with van der Waals surface area (Å²) < 4.78 is 7.19. The molecule has 0 spiro atoms. The molecule has 6 nitrogen and oxygen atoms in total. The Bertz CT molecular complexity index is 1200. The van der Waals surface area contributed by atoms with E-state index in [9.17, 15) is 4.79 Å². The molecule has 7 heteroatoms. The van der Waals surface area contributed by atoms with Gasteiger partial charge in [0.2, 0.25) is 0 Å². The van der Waals surface area contributed by atoms with Gasteiger partial charge in [-0.1, -0.05) is 42.5 Å². The van der Waals surface area contributed by atoms with Crippen LogP contribution in [0.1, 0.15) is 39.5 Å². The molecule has 2 aromatic heterocycles. The summed E-state index contributed by atoms with van der Waals surface area (Å²) in [6, 6.07) is 17.7. The van der Waals surface area contributed by atoms with Gasteiger partial charge in [-0.15, -0.1) is 11.3 Å². The lowest BCUT2D eigenvalue weighted by atomic mass is 10.1. The molecule has 2 aromatic carbocycles. The normalized spacial score (nSPS) is 10.8. The minimum Gasteiger partial charge on any atom is -0.497 e. The first-order valence-corrected chi connectivity index (χ1v) is 12.0. The first-order valence-electron chi connectivity index (χ1n) is 11.1. The number of amides is 1. The van der Waals surface area contributed by atoms with Crippen molar-refractivity contribution in [1.29, 1.82) is 0 Å². The fraction of sp³-hybridized carbons (Fsp3) is 0.269. The van der Waals surface area contributed by atoms with Crippen LogP contribution in [0.3, 0.4) is 0 Å². The van der Waals surface area contributed by atoms with Crippen LogP contribution in [0.15, 0.2) is 66.2 Å². The van der Waals surface area contributed by atoms with E-state index >= 15 is 0 Å². The van der Waals surface area contributed by atoms with Crippen molar-refractivity contribution in [2.75, 3.05) is 13.7 Å². The summed E-state index contributed by atoms with van der Waals surface area (Å²) in [4.78, 5) is 17.6. The van der Waals surface area contributed by atoms with E-state index in [1.54, 1.807) is 18.4 Å². The molecule has 0 aliphatic heterocycles. The van der Waals surface area contributed by atoms with Crippen LogP contribution < -0.4 is 10.1 Å². The third-order valence-corrected chi connectivity index (χ3v) is 6.33. The molecule has 0 bridgehead atoms. The summed E-state index contributed by atoms with van der Waals surface area (Å²) in [5, 5.41) is 11.0. The van der Waals surface area contributed by atoms with E-state index in [1.165, 1.54) is 0 Å². The van der Waals surface area contributed by atoms with Crippen molar-refractivity contribution in [3.05, 3.63) is 88.0 Å². The lowest BCUT2D eigenvalue weighted by molar-refractivity contribution is 0.0953. The van der Waals surface area contributed by atoms with Gasteiger partial charge in [0.25, 0.3) is 5.91 Å². The van der Waals surface area contributed by atoms with Gasteiger partial charge in [0, 0.05) is 29.4 Å². The third kappa shape index (κ3) is 6.08. The Morgan fingerprint density at radius 1 is 1.12 bits per heavy atom. The van der Waals surface area contributed by atoms with Crippen LogP contribution in [0.5, 0.6) is 5.75 Å². The van der Waals surface area contributed by atoms with E-state index in [0.717, 1.165) is 46.8 Å². The number of hydrogen-bond acceptors (Lipinski definition) is 5. The number of benzene rings is 2. The molecule has 1 amide bonds. The van der Waals surface area contributed by atoms with Gasteiger partial charge >= 0.3 is 0 Å². The quantitative estimate of drug-likeness (QED) is 0.333. The van der Waals surface area contributed by atoms with E-state index in [-0.39, 0.29) is 5.91 Å². The van der Waals surface area contributed by atoms with Gasteiger partial charge in [-0.3, -0.25) is 9.48 Å². The maximum atomic E-state index is 13.1. The monoisotopic (exact) mass is 460 g/mol. The minimum absolute atomic E-state index is 0.114. The van der Waals surface area contributed by atoms with Crippen molar-refractivity contribution in [2.24, 2.45) is 0 Å². The Balaban J connectivity index is 1.46. The van der Waals surface area contributed by atoms with Crippen molar-refractivity contribution in [1.82, 2.24) is 20.1 Å². The van der Waals surface area contributed by atoms with Gasteiger partial charge in [-0.2, -0.15) is 5.10 Å². The summed E-state index contributed by atoms with van der Waals surface area (Å²) in [7, 11) is 1.63. The number of rotatable bonds is 10. The first-order chi connectivity index (χ1) is 16.1. The van der Waals surface area contributed by atoms with Gasteiger partial charge < -0.3 is 10.1 Å². The number of nitrogens with one attached hydrogen (secondary N) is 1. The summed E-state index contributed by atoms with van der Waals surface area (Å²) in [6.07, 6.45) is 4.66. The fourth-order valence-corrected chi connectivity index (χ4v) is 4.46. The van der Waals surface area contributed by atoms with E-state index in [2.05, 4.69) is 27.8 Å². The smallest absolute Gasteiger partial charge is 0.255 e. The van der Waals surface area contributed by atoms with Gasteiger partial charge in [0.15, 0.2) is 0 Å². The third-order valence-electron chi connectivity index (χ3n) is 5.31. The number of aromatic nitrogens is 3. The van der Waals surface area contributed by atoms with Gasteiger partial charge in [0.1, 0.15) is 11.4 Å². The molecule has 0 atom stereocenters. The van der Waals surface area contributed by atoms with Crippen LogP contribution in [0.25, 0.3) is 11.3 Å². The number of carbonyl (C=O) groups is 1. The molecule has 4 aromatic rings. The second-order valence-corrected chi connectivity index (χ2v) is 8.84. The summed E-state index contributed by atoms with van der Waals surface area (Å²) >= 11 is 1.70. The number of methoxy groups -OCH3 is 1. The molecule has 0 aliphatic rings. The summed E-state index contributed by atoms with van der Waals surface area (Å²) in [5.41, 5.74) is 4.27. The molecule has 0 saturated carbocycles. The van der Waals surface area contributed by atoms with Crippen molar-refractivity contribution in [3.8, 4) is 17.0 Å². The van der Waals surface area contributed by atoms with E-state index < -0.39 is 0 Å². The Hall–Kier alpha value is -3.45. The average molecular weight is 461 g/mol. The second kappa shape index (κ2) is 10.9. The molecule has 2 heterocycles. The Kier molecular flexibility index (Phi) is 7.52. The number of thiazole rings is 1. The lowest BCUT2D eigenvalue weighted by Gasteiger charge is -2.06. The predicted octanol–water partition coefficient (Wildman–Crippen LogP) is 5.12. The van der Waals surface area contributed by atoms with Crippen LogP contribution in [-0.2, 0) is 13.0 Å². The van der Waals surface area contributed by atoms with Crippen LogP contribution >= 0.6 is 11.3 Å². The minimum atomic E-state index is -0.114.